The minimum Gasteiger partial charge on any atom is -0.480 e. The summed E-state index contributed by atoms with van der Waals surface area (Å²) in [7, 11) is 3.19. The van der Waals surface area contributed by atoms with Crippen molar-refractivity contribution in [2.75, 3.05) is 20.8 Å². The van der Waals surface area contributed by atoms with Gasteiger partial charge in [0, 0.05) is 35.5 Å². The highest BCUT2D eigenvalue weighted by molar-refractivity contribution is 9.10. The van der Waals surface area contributed by atoms with Gasteiger partial charge in [-0.3, -0.25) is 0 Å². The lowest BCUT2D eigenvalue weighted by Gasteiger charge is -2.21. The highest BCUT2D eigenvalue weighted by Gasteiger charge is 2.21. The maximum absolute atomic E-state index is 12.0. The van der Waals surface area contributed by atoms with Crippen LogP contribution in [0.3, 0.4) is 0 Å². The van der Waals surface area contributed by atoms with Gasteiger partial charge in [0.2, 0.25) is 0 Å². The summed E-state index contributed by atoms with van der Waals surface area (Å²) >= 11 is 4.89. The number of rotatable bonds is 8. The van der Waals surface area contributed by atoms with Gasteiger partial charge in [0.05, 0.1) is 6.54 Å². The summed E-state index contributed by atoms with van der Waals surface area (Å²) in [6, 6.07) is 0.636. The molecular formula is C13H19BrN2O4S. The second-order valence-corrected chi connectivity index (χ2v) is 6.47. The number of urea groups is 1. The summed E-state index contributed by atoms with van der Waals surface area (Å²) in [5.74, 6) is -1.04. The molecule has 6 nitrogen and oxygen atoms in total. The van der Waals surface area contributed by atoms with E-state index < -0.39 is 18.0 Å². The number of hydrogen-bond donors (Lipinski definition) is 2. The van der Waals surface area contributed by atoms with Gasteiger partial charge in [-0.2, -0.15) is 0 Å². The van der Waals surface area contributed by atoms with Crippen molar-refractivity contribution in [3.8, 4) is 0 Å². The minimum absolute atomic E-state index is 0.341. The molecule has 118 valence electrons. The fraction of sp³-hybridized carbons (Fsp3) is 0.538. The van der Waals surface area contributed by atoms with Crippen LogP contribution in [-0.2, 0) is 16.1 Å². The third-order valence-electron chi connectivity index (χ3n) is 2.80. The number of aliphatic carboxylic acids is 1. The van der Waals surface area contributed by atoms with E-state index in [-0.39, 0.29) is 0 Å². The van der Waals surface area contributed by atoms with E-state index >= 15 is 0 Å². The van der Waals surface area contributed by atoms with Crippen LogP contribution in [-0.4, -0.2) is 48.8 Å². The van der Waals surface area contributed by atoms with Crippen LogP contribution < -0.4 is 5.32 Å². The molecule has 8 heteroatoms. The zero-order valence-electron chi connectivity index (χ0n) is 12.0. The third kappa shape index (κ3) is 6.45. The SMILES string of the molecule is COCCCC(NC(=O)N(C)Cc1cc(Br)cs1)C(=O)O. The maximum atomic E-state index is 12.0. The number of methoxy groups -OCH3 is 1. The Morgan fingerprint density at radius 1 is 1.57 bits per heavy atom. The molecule has 0 aromatic carbocycles. The Morgan fingerprint density at radius 2 is 2.29 bits per heavy atom. The Bertz CT molecular complexity index is 480. The van der Waals surface area contributed by atoms with E-state index in [1.54, 1.807) is 14.2 Å². The molecule has 0 radical (unpaired) electrons. The van der Waals surface area contributed by atoms with Crippen molar-refractivity contribution >= 4 is 39.3 Å². The number of carboxylic acid groups (broad SMARTS) is 1. The van der Waals surface area contributed by atoms with Crippen LogP contribution in [0.15, 0.2) is 15.9 Å². The largest absolute Gasteiger partial charge is 0.480 e. The smallest absolute Gasteiger partial charge is 0.326 e. The lowest BCUT2D eigenvalue weighted by Crippen LogP contribution is -2.46. The molecule has 0 aliphatic carbocycles. The number of carboxylic acids is 1. The zero-order valence-corrected chi connectivity index (χ0v) is 14.4. The van der Waals surface area contributed by atoms with Crippen LogP contribution in [0.1, 0.15) is 17.7 Å². The molecule has 21 heavy (non-hydrogen) atoms. The summed E-state index contributed by atoms with van der Waals surface area (Å²) in [5, 5.41) is 13.6. The molecule has 2 amide bonds. The first-order valence-electron chi connectivity index (χ1n) is 6.40. The monoisotopic (exact) mass is 378 g/mol. The van der Waals surface area contributed by atoms with E-state index in [0.29, 0.717) is 26.0 Å². The van der Waals surface area contributed by atoms with Crippen molar-refractivity contribution in [2.45, 2.75) is 25.4 Å². The standard InChI is InChI=1S/C13H19BrN2O4S/c1-16(7-10-6-9(14)8-21-10)13(19)15-11(12(17)18)4-3-5-20-2/h6,8,11H,3-5,7H2,1-2H3,(H,15,19)(H,17,18). The van der Waals surface area contributed by atoms with Gasteiger partial charge in [-0.1, -0.05) is 0 Å². The molecule has 0 fully saturated rings. The van der Waals surface area contributed by atoms with Crippen LogP contribution >= 0.6 is 27.3 Å². The summed E-state index contributed by atoms with van der Waals surface area (Å²) in [6.45, 7) is 0.908. The number of nitrogens with one attached hydrogen (secondary N) is 1. The number of carbonyl (C=O) groups excluding carboxylic acids is 1. The van der Waals surface area contributed by atoms with Crippen molar-refractivity contribution in [2.24, 2.45) is 0 Å². The molecule has 1 aromatic heterocycles. The normalized spacial score (nSPS) is 12.0. The Hall–Kier alpha value is -1.12. The van der Waals surface area contributed by atoms with Crippen LogP contribution in [0.4, 0.5) is 4.79 Å². The van der Waals surface area contributed by atoms with Gasteiger partial charge in [0.15, 0.2) is 0 Å². The number of nitrogens with zero attached hydrogens (tertiary/aromatic N) is 1. The van der Waals surface area contributed by atoms with E-state index in [4.69, 9.17) is 9.84 Å². The van der Waals surface area contributed by atoms with E-state index in [0.717, 1.165) is 9.35 Å². The van der Waals surface area contributed by atoms with Crippen molar-refractivity contribution in [1.29, 1.82) is 0 Å². The Kier molecular flexibility index (Phi) is 7.69. The molecule has 0 aliphatic heterocycles. The number of hydrogen-bond acceptors (Lipinski definition) is 4. The molecule has 0 aliphatic rings. The molecule has 1 heterocycles. The quantitative estimate of drug-likeness (QED) is 0.681. The van der Waals surface area contributed by atoms with Crippen LogP contribution in [0.25, 0.3) is 0 Å². The lowest BCUT2D eigenvalue weighted by molar-refractivity contribution is -0.139. The number of amides is 2. The summed E-state index contributed by atoms with van der Waals surface area (Å²) < 4.78 is 5.86. The lowest BCUT2D eigenvalue weighted by atomic mass is 10.1. The molecule has 2 N–H and O–H groups in total. The Morgan fingerprint density at radius 3 is 2.81 bits per heavy atom. The van der Waals surface area contributed by atoms with Gasteiger partial charge in [0.1, 0.15) is 6.04 Å². The van der Waals surface area contributed by atoms with E-state index in [1.165, 1.54) is 16.2 Å². The second-order valence-electron chi connectivity index (χ2n) is 4.56. The Balaban J connectivity index is 2.49. The molecule has 1 atom stereocenters. The highest BCUT2D eigenvalue weighted by Crippen LogP contribution is 2.20. The van der Waals surface area contributed by atoms with Crippen LogP contribution in [0, 0.1) is 0 Å². The predicted octanol–water partition coefficient (Wildman–Crippen LogP) is 2.53. The van der Waals surface area contributed by atoms with Crippen LogP contribution in [0.2, 0.25) is 0 Å². The zero-order chi connectivity index (χ0) is 15.8. The molecule has 1 aromatic rings. The van der Waals surface area contributed by atoms with Gasteiger partial charge < -0.3 is 20.1 Å². The fourth-order valence-electron chi connectivity index (χ4n) is 1.69. The summed E-state index contributed by atoms with van der Waals surface area (Å²) in [6.07, 6.45) is 0.919. The number of ether oxygens (including phenoxy) is 1. The number of halogens is 1. The van der Waals surface area contributed by atoms with Crippen molar-refractivity contribution in [3.05, 3.63) is 20.8 Å². The predicted molar refractivity (Wildman–Crippen MR) is 84.6 cm³/mol. The highest BCUT2D eigenvalue weighted by atomic mass is 79.9. The van der Waals surface area contributed by atoms with Gasteiger partial charge >= 0.3 is 12.0 Å². The fourth-order valence-corrected chi connectivity index (χ4v) is 3.19. The molecule has 0 spiro atoms. The van der Waals surface area contributed by atoms with Crippen molar-refractivity contribution < 1.29 is 19.4 Å². The van der Waals surface area contributed by atoms with Crippen LogP contribution in [0.5, 0.6) is 0 Å². The van der Waals surface area contributed by atoms with E-state index in [1.807, 2.05) is 11.4 Å². The third-order valence-corrected chi connectivity index (χ3v) is 4.48. The molecule has 0 saturated carbocycles. The molecule has 0 saturated heterocycles. The number of thiophene rings is 1. The van der Waals surface area contributed by atoms with Gasteiger partial charge in [0.25, 0.3) is 0 Å². The topological polar surface area (TPSA) is 78.9 Å². The first-order chi connectivity index (χ1) is 9.93. The second kappa shape index (κ2) is 9.01. The average Bonchev–Trinajstić information content (AvgIpc) is 2.82. The first kappa shape index (κ1) is 17.9. The number of carbonyl (C=O) groups is 2. The summed E-state index contributed by atoms with van der Waals surface area (Å²) in [5.41, 5.74) is 0. The summed E-state index contributed by atoms with van der Waals surface area (Å²) in [4.78, 5) is 25.6. The van der Waals surface area contributed by atoms with E-state index in [9.17, 15) is 9.59 Å². The molecule has 1 unspecified atom stereocenters. The minimum atomic E-state index is -1.04. The first-order valence-corrected chi connectivity index (χ1v) is 8.07. The van der Waals surface area contributed by atoms with Gasteiger partial charge in [-0.05, 0) is 34.8 Å². The average molecular weight is 379 g/mol. The van der Waals surface area contributed by atoms with Gasteiger partial charge in [-0.25, -0.2) is 9.59 Å². The van der Waals surface area contributed by atoms with E-state index in [2.05, 4.69) is 21.2 Å². The maximum Gasteiger partial charge on any atom is 0.326 e. The van der Waals surface area contributed by atoms with Gasteiger partial charge in [-0.15, -0.1) is 11.3 Å². The van der Waals surface area contributed by atoms with Crippen molar-refractivity contribution in [1.82, 2.24) is 10.2 Å². The molecular weight excluding hydrogens is 360 g/mol. The molecule has 0 bridgehead atoms. The van der Waals surface area contributed by atoms with Crippen molar-refractivity contribution in [3.63, 3.8) is 0 Å². The molecule has 1 rings (SSSR count). The Labute approximate surface area is 136 Å².